The summed E-state index contributed by atoms with van der Waals surface area (Å²) >= 11 is 0. The second-order valence-electron chi connectivity index (χ2n) is 8.94. The molecular weight excluding hydrogens is 268 g/mol. The minimum absolute atomic E-state index is 0.172. The Morgan fingerprint density at radius 2 is 1.73 bits per heavy atom. The monoisotopic (exact) mass is 300 g/mol. The first kappa shape index (κ1) is 15.0. The van der Waals surface area contributed by atoms with Gasteiger partial charge in [0.05, 0.1) is 6.10 Å². The minimum atomic E-state index is -0.172. The molecule has 4 aliphatic rings. The summed E-state index contributed by atoms with van der Waals surface area (Å²) in [4.78, 5) is 0. The lowest BCUT2D eigenvalue weighted by Crippen LogP contribution is -2.49. The van der Waals surface area contributed by atoms with E-state index in [0.717, 1.165) is 24.2 Å². The summed E-state index contributed by atoms with van der Waals surface area (Å²) < 4.78 is 0. The second kappa shape index (κ2) is 4.97. The average Bonchev–Trinajstić information content (AvgIpc) is 2.84. The van der Waals surface area contributed by atoms with Gasteiger partial charge in [-0.25, -0.2) is 0 Å². The Kier molecular flexibility index (Phi) is 3.39. The third-order valence-corrected chi connectivity index (χ3v) is 8.29. The fraction of sp³-hybridized carbons (Fsp3) is 0.810. The molecule has 4 rings (SSSR count). The van der Waals surface area contributed by atoms with Crippen LogP contribution in [0.3, 0.4) is 0 Å². The third kappa shape index (κ3) is 1.87. The summed E-state index contributed by atoms with van der Waals surface area (Å²) in [5.74, 6) is 2.71. The minimum Gasteiger partial charge on any atom is -0.389 e. The lowest BCUT2D eigenvalue weighted by Gasteiger charge is -2.58. The van der Waals surface area contributed by atoms with Gasteiger partial charge in [-0.15, -0.1) is 0 Å². The Morgan fingerprint density at radius 3 is 2.50 bits per heavy atom. The molecule has 4 unspecified atom stereocenters. The van der Waals surface area contributed by atoms with Crippen molar-refractivity contribution in [1.82, 2.24) is 0 Å². The first-order valence-electron chi connectivity index (χ1n) is 9.54. The van der Waals surface area contributed by atoms with E-state index in [0.29, 0.717) is 10.8 Å². The van der Waals surface area contributed by atoms with Crippen molar-refractivity contribution in [2.75, 3.05) is 0 Å². The Labute approximate surface area is 135 Å². The smallest absolute Gasteiger partial charge is 0.0724 e. The molecule has 4 aliphatic carbocycles. The molecule has 0 heterocycles. The highest BCUT2D eigenvalue weighted by Crippen LogP contribution is 2.66. The van der Waals surface area contributed by atoms with Crippen LogP contribution in [0.4, 0.5) is 0 Å². The normalized spacial score (nSPS) is 52.7. The first-order valence-corrected chi connectivity index (χ1v) is 9.54. The topological polar surface area (TPSA) is 20.2 Å². The van der Waals surface area contributed by atoms with Gasteiger partial charge in [0, 0.05) is 0 Å². The van der Waals surface area contributed by atoms with Crippen LogP contribution in [0.5, 0.6) is 0 Å². The molecule has 1 N–H and O–H groups in total. The van der Waals surface area contributed by atoms with E-state index >= 15 is 0 Å². The van der Waals surface area contributed by atoms with Crippen LogP contribution in [-0.2, 0) is 0 Å². The van der Waals surface area contributed by atoms with E-state index in [9.17, 15) is 5.11 Å². The Morgan fingerprint density at radius 1 is 1.00 bits per heavy atom. The average molecular weight is 300 g/mol. The van der Waals surface area contributed by atoms with Gasteiger partial charge in [0.15, 0.2) is 0 Å². The van der Waals surface area contributed by atoms with Gasteiger partial charge in [-0.05, 0) is 86.9 Å². The molecule has 0 bridgehead atoms. The zero-order valence-electron chi connectivity index (χ0n) is 14.6. The zero-order valence-corrected chi connectivity index (χ0v) is 14.6. The lowest BCUT2D eigenvalue weighted by molar-refractivity contribution is -0.0314. The molecule has 1 heteroatoms. The van der Waals surface area contributed by atoms with E-state index in [1.165, 1.54) is 44.9 Å². The van der Waals surface area contributed by atoms with Crippen molar-refractivity contribution in [2.24, 2.45) is 28.6 Å². The Bertz CT molecular complexity index is 530. The largest absolute Gasteiger partial charge is 0.389 e. The van der Waals surface area contributed by atoms with Gasteiger partial charge < -0.3 is 5.11 Å². The quantitative estimate of drug-likeness (QED) is 0.605. The highest BCUT2D eigenvalue weighted by molar-refractivity contribution is 5.28. The van der Waals surface area contributed by atoms with Crippen LogP contribution in [0.1, 0.15) is 72.1 Å². The van der Waals surface area contributed by atoms with E-state index in [4.69, 9.17) is 0 Å². The maximum atomic E-state index is 10.0. The van der Waals surface area contributed by atoms with Crippen molar-refractivity contribution in [3.05, 3.63) is 23.3 Å². The van der Waals surface area contributed by atoms with Crippen LogP contribution in [0.25, 0.3) is 0 Å². The zero-order chi connectivity index (χ0) is 15.5. The van der Waals surface area contributed by atoms with Gasteiger partial charge in [-0.3, -0.25) is 0 Å². The van der Waals surface area contributed by atoms with Crippen LogP contribution in [-0.4, -0.2) is 11.2 Å². The summed E-state index contributed by atoms with van der Waals surface area (Å²) in [6.45, 7) is 7.34. The van der Waals surface area contributed by atoms with Crippen LogP contribution < -0.4 is 0 Å². The van der Waals surface area contributed by atoms with E-state index in [1.807, 2.05) is 0 Å². The van der Waals surface area contributed by atoms with Gasteiger partial charge in [-0.1, -0.05) is 37.1 Å². The molecule has 0 aromatic rings. The highest BCUT2D eigenvalue weighted by Gasteiger charge is 2.57. The van der Waals surface area contributed by atoms with E-state index in [2.05, 4.69) is 32.9 Å². The number of fused-ring (bicyclic) bond motifs is 5. The molecule has 3 fully saturated rings. The molecule has 0 saturated heterocycles. The number of aliphatic hydroxyl groups excluding tert-OH is 1. The van der Waals surface area contributed by atoms with Crippen molar-refractivity contribution in [3.8, 4) is 0 Å². The lowest BCUT2D eigenvalue weighted by atomic mass is 9.47. The van der Waals surface area contributed by atoms with Crippen molar-refractivity contribution < 1.29 is 5.11 Å². The number of hydrogen-bond donors (Lipinski definition) is 1. The summed E-state index contributed by atoms with van der Waals surface area (Å²) in [5, 5.41) is 10.0. The van der Waals surface area contributed by atoms with Gasteiger partial charge >= 0.3 is 0 Å². The van der Waals surface area contributed by atoms with Crippen LogP contribution >= 0.6 is 0 Å². The predicted molar refractivity (Wildman–Crippen MR) is 91.5 cm³/mol. The van der Waals surface area contributed by atoms with Gasteiger partial charge in [0.1, 0.15) is 0 Å². The second-order valence-corrected chi connectivity index (χ2v) is 8.94. The molecule has 0 aliphatic heterocycles. The SMILES string of the molecule is C/C=C1\CCC2C3CCC4=CC(O)CC[C@@]4(C)C3CC[C@@]12C. The summed E-state index contributed by atoms with van der Waals surface area (Å²) in [6.07, 6.45) is 14.8. The van der Waals surface area contributed by atoms with E-state index in [-0.39, 0.29) is 6.10 Å². The van der Waals surface area contributed by atoms with Crippen LogP contribution in [0.15, 0.2) is 23.3 Å². The summed E-state index contributed by atoms with van der Waals surface area (Å²) in [6, 6.07) is 0. The van der Waals surface area contributed by atoms with Crippen molar-refractivity contribution in [3.63, 3.8) is 0 Å². The molecule has 0 radical (unpaired) electrons. The Balaban J connectivity index is 1.68. The fourth-order valence-corrected chi connectivity index (χ4v) is 7.03. The third-order valence-electron chi connectivity index (χ3n) is 8.29. The molecule has 0 amide bonds. The molecule has 0 aromatic carbocycles. The van der Waals surface area contributed by atoms with Crippen molar-refractivity contribution >= 4 is 0 Å². The van der Waals surface area contributed by atoms with Gasteiger partial charge in [0.2, 0.25) is 0 Å². The maximum Gasteiger partial charge on any atom is 0.0724 e. The first-order chi connectivity index (χ1) is 10.5. The number of aliphatic hydroxyl groups is 1. The fourth-order valence-electron chi connectivity index (χ4n) is 7.03. The van der Waals surface area contributed by atoms with Crippen LogP contribution in [0, 0.1) is 28.6 Å². The number of allylic oxidation sites excluding steroid dienone is 3. The molecule has 0 spiro atoms. The molecule has 0 aromatic heterocycles. The van der Waals surface area contributed by atoms with E-state index in [1.54, 1.807) is 11.1 Å². The van der Waals surface area contributed by atoms with Crippen LogP contribution in [0.2, 0.25) is 0 Å². The van der Waals surface area contributed by atoms with Gasteiger partial charge in [-0.2, -0.15) is 0 Å². The van der Waals surface area contributed by atoms with Crippen molar-refractivity contribution in [1.29, 1.82) is 0 Å². The maximum absolute atomic E-state index is 10.0. The van der Waals surface area contributed by atoms with Gasteiger partial charge in [0.25, 0.3) is 0 Å². The molecule has 22 heavy (non-hydrogen) atoms. The summed E-state index contributed by atoms with van der Waals surface area (Å²) in [5.41, 5.74) is 4.24. The molecule has 122 valence electrons. The molecule has 3 saturated carbocycles. The standard InChI is InChI=1S/C21H32O/c1-4-14-6-8-18-17-7-5-15-13-16(22)9-11-21(15,3)19(17)10-12-20(14,18)2/h4,13,16-19,22H,5-12H2,1-3H3/b14-4+/t16?,17?,18?,19?,20-,21+/m0/s1. The number of hydrogen-bond acceptors (Lipinski definition) is 1. The molecule has 6 atom stereocenters. The summed E-state index contributed by atoms with van der Waals surface area (Å²) in [7, 11) is 0. The van der Waals surface area contributed by atoms with Crippen molar-refractivity contribution in [2.45, 2.75) is 78.2 Å². The van der Waals surface area contributed by atoms with E-state index < -0.39 is 0 Å². The highest BCUT2D eigenvalue weighted by atomic mass is 16.3. The molecule has 1 nitrogen and oxygen atoms in total. The predicted octanol–water partition coefficient (Wildman–Crippen LogP) is 5.26. The molecular formula is C21H32O. The Hall–Kier alpha value is -0.560. The number of rotatable bonds is 0.